The molecule has 0 spiro atoms. The molecule has 0 atom stereocenters. The molecule has 0 aromatic heterocycles. The SMILES string of the molecule is CCN(CCO)CC1(C=O)CCCCC1. The Kier molecular flexibility index (Phi) is 5.26. The van der Waals surface area contributed by atoms with Gasteiger partial charge in [0.1, 0.15) is 6.29 Å². The molecule has 1 fully saturated rings. The molecule has 3 heteroatoms. The van der Waals surface area contributed by atoms with Crippen molar-refractivity contribution in [1.82, 2.24) is 4.90 Å². The van der Waals surface area contributed by atoms with Crippen LogP contribution in [0.3, 0.4) is 0 Å². The Balaban J connectivity index is 2.52. The smallest absolute Gasteiger partial charge is 0.127 e. The first kappa shape index (κ1) is 12.7. The Labute approximate surface area is 92.5 Å². The Hall–Kier alpha value is -0.410. The highest BCUT2D eigenvalue weighted by Gasteiger charge is 2.33. The van der Waals surface area contributed by atoms with E-state index in [2.05, 4.69) is 11.8 Å². The van der Waals surface area contributed by atoms with Crippen LogP contribution in [0, 0.1) is 5.41 Å². The first-order valence-electron chi connectivity index (χ1n) is 6.06. The van der Waals surface area contributed by atoms with Crippen LogP contribution in [0.5, 0.6) is 0 Å². The number of nitrogens with zero attached hydrogens (tertiary/aromatic N) is 1. The first-order chi connectivity index (χ1) is 7.26. The summed E-state index contributed by atoms with van der Waals surface area (Å²) in [6.45, 7) is 4.69. The van der Waals surface area contributed by atoms with Crippen LogP contribution in [0.15, 0.2) is 0 Å². The van der Waals surface area contributed by atoms with Gasteiger partial charge in [-0.05, 0) is 19.4 Å². The average molecular weight is 213 g/mol. The first-order valence-corrected chi connectivity index (χ1v) is 6.06. The van der Waals surface area contributed by atoms with Gasteiger partial charge in [-0.3, -0.25) is 0 Å². The lowest BCUT2D eigenvalue weighted by Crippen LogP contribution is -2.41. The number of carbonyl (C=O) groups excluding carboxylic acids is 1. The highest BCUT2D eigenvalue weighted by Crippen LogP contribution is 2.35. The minimum Gasteiger partial charge on any atom is -0.395 e. The highest BCUT2D eigenvalue weighted by atomic mass is 16.3. The third-order valence-electron chi connectivity index (χ3n) is 3.50. The molecule has 0 aromatic carbocycles. The molecule has 0 unspecified atom stereocenters. The van der Waals surface area contributed by atoms with Crippen LogP contribution in [0.4, 0.5) is 0 Å². The van der Waals surface area contributed by atoms with E-state index < -0.39 is 0 Å². The number of aldehydes is 1. The summed E-state index contributed by atoms with van der Waals surface area (Å²) in [5, 5.41) is 8.92. The molecule has 0 aliphatic heterocycles. The molecule has 1 N–H and O–H groups in total. The van der Waals surface area contributed by atoms with Gasteiger partial charge < -0.3 is 14.8 Å². The Bertz CT molecular complexity index is 188. The minimum atomic E-state index is -0.122. The second kappa shape index (κ2) is 6.23. The zero-order valence-electron chi connectivity index (χ0n) is 9.74. The van der Waals surface area contributed by atoms with E-state index in [-0.39, 0.29) is 12.0 Å². The molecule has 88 valence electrons. The zero-order chi connectivity index (χ0) is 11.1. The van der Waals surface area contributed by atoms with Gasteiger partial charge in [-0.1, -0.05) is 26.2 Å². The fraction of sp³-hybridized carbons (Fsp3) is 0.917. The largest absolute Gasteiger partial charge is 0.395 e. The Morgan fingerprint density at radius 1 is 1.33 bits per heavy atom. The molecule has 1 aliphatic rings. The van der Waals surface area contributed by atoms with Crippen LogP contribution in [-0.4, -0.2) is 42.5 Å². The van der Waals surface area contributed by atoms with E-state index >= 15 is 0 Å². The molecule has 0 amide bonds. The lowest BCUT2D eigenvalue weighted by Gasteiger charge is -2.36. The zero-order valence-corrected chi connectivity index (χ0v) is 9.74. The van der Waals surface area contributed by atoms with Crippen molar-refractivity contribution < 1.29 is 9.90 Å². The average Bonchev–Trinajstić information content (AvgIpc) is 2.30. The van der Waals surface area contributed by atoms with Crippen molar-refractivity contribution in [3.63, 3.8) is 0 Å². The molecule has 0 bridgehead atoms. The van der Waals surface area contributed by atoms with Crippen LogP contribution in [-0.2, 0) is 4.79 Å². The molecular weight excluding hydrogens is 190 g/mol. The molecular formula is C12H23NO2. The van der Waals surface area contributed by atoms with Crippen molar-refractivity contribution in [2.24, 2.45) is 5.41 Å². The van der Waals surface area contributed by atoms with Gasteiger partial charge in [-0.25, -0.2) is 0 Å². The monoisotopic (exact) mass is 213 g/mol. The summed E-state index contributed by atoms with van der Waals surface area (Å²) in [5.74, 6) is 0. The normalized spacial score (nSPS) is 20.5. The second-order valence-corrected chi connectivity index (χ2v) is 4.63. The maximum atomic E-state index is 11.2. The minimum absolute atomic E-state index is 0.122. The quantitative estimate of drug-likeness (QED) is 0.679. The third kappa shape index (κ3) is 3.58. The summed E-state index contributed by atoms with van der Waals surface area (Å²) >= 11 is 0. The van der Waals surface area contributed by atoms with Crippen LogP contribution >= 0.6 is 0 Å². The molecule has 0 heterocycles. The maximum absolute atomic E-state index is 11.2. The molecule has 1 rings (SSSR count). The summed E-state index contributed by atoms with van der Waals surface area (Å²) in [5.41, 5.74) is -0.122. The van der Waals surface area contributed by atoms with Crippen molar-refractivity contribution in [3.05, 3.63) is 0 Å². The number of carbonyl (C=O) groups is 1. The maximum Gasteiger partial charge on any atom is 0.127 e. The van der Waals surface area contributed by atoms with E-state index in [1.165, 1.54) is 19.3 Å². The predicted octanol–water partition coefficient (Wildman–Crippen LogP) is 1.45. The van der Waals surface area contributed by atoms with Gasteiger partial charge in [0.2, 0.25) is 0 Å². The van der Waals surface area contributed by atoms with Crippen molar-refractivity contribution in [2.75, 3.05) is 26.2 Å². The number of hydrogen-bond acceptors (Lipinski definition) is 3. The van der Waals surface area contributed by atoms with Crippen molar-refractivity contribution >= 4 is 6.29 Å². The van der Waals surface area contributed by atoms with E-state index in [1.54, 1.807) is 0 Å². The molecule has 1 saturated carbocycles. The predicted molar refractivity (Wildman–Crippen MR) is 60.8 cm³/mol. The van der Waals surface area contributed by atoms with E-state index in [0.717, 1.165) is 32.2 Å². The van der Waals surface area contributed by atoms with Gasteiger partial charge in [-0.15, -0.1) is 0 Å². The van der Waals surface area contributed by atoms with E-state index in [4.69, 9.17) is 5.11 Å². The van der Waals surface area contributed by atoms with Crippen molar-refractivity contribution in [2.45, 2.75) is 39.0 Å². The molecule has 3 nitrogen and oxygen atoms in total. The molecule has 1 aliphatic carbocycles. The summed E-state index contributed by atoms with van der Waals surface area (Å²) in [4.78, 5) is 13.4. The van der Waals surface area contributed by atoms with Crippen molar-refractivity contribution in [1.29, 1.82) is 0 Å². The number of hydrogen-bond donors (Lipinski definition) is 1. The van der Waals surface area contributed by atoms with Gasteiger partial charge in [-0.2, -0.15) is 0 Å². The Morgan fingerprint density at radius 2 is 2.00 bits per heavy atom. The van der Waals surface area contributed by atoms with E-state index in [9.17, 15) is 4.79 Å². The number of aliphatic hydroxyl groups excluding tert-OH is 1. The molecule has 0 aromatic rings. The number of rotatable bonds is 6. The standard InChI is InChI=1S/C12H23NO2/c1-2-13(8-9-14)10-12(11-15)6-4-3-5-7-12/h11,14H,2-10H2,1H3. The lowest BCUT2D eigenvalue weighted by atomic mass is 9.75. The lowest BCUT2D eigenvalue weighted by molar-refractivity contribution is -0.119. The van der Waals surface area contributed by atoms with Crippen LogP contribution in [0.2, 0.25) is 0 Å². The van der Waals surface area contributed by atoms with Gasteiger partial charge >= 0.3 is 0 Å². The van der Waals surface area contributed by atoms with Gasteiger partial charge in [0.15, 0.2) is 0 Å². The van der Waals surface area contributed by atoms with Crippen molar-refractivity contribution in [3.8, 4) is 0 Å². The van der Waals surface area contributed by atoms with Crippen LogP contribution in [0.1, 0.15) is 39.0 Å². The third-order valence-corrected chi connectivity index (χ3v) is 3.50. The van der Waals surface area contributed by atoms with E-state index in [1.807, 2.05) is 0 Å². The number of aliphatic hydroxyl groups is 1. The number of likely N-dealkylation sites (N-methyl/N-ethyl adjacent to an activating group) is 1. The molecule has 15 heavy (non-hydrogen) atoms. The topological polar surface area (TPSA) is 40.5 Å². The van der Waals surface area contributed by atoms with E-state index in [0.29, 0.717) is 6.54 Å². The van der Waals surface area contributed by atoms with Crippen LogP contribution < -0.4 is 0 Å². The fourth-order valence-corrected chi connectivity index (χ4v) is 2.50. The molecule has 0 saturated heterocycles. The van der Waals surface area contributed by atoms with Gasteiger partial charge in [0.05, 0.1) is 6.61 Å². The molecule has 0 radical (unpaired) electrons. The summed E-state index contributed by atoms with van der Waals surface area (Å²) in [6.07, 6.45) is 6.83. The highest BCUT2D eigenvalue weighted by molar-refractivity contribution is 5.60. The second-order valence-electron chi connectivity index (χ2n) is 4.63. The summed E-state index contributed by atoms with van der Waals surface area (Å²) < 4.78 is 0. The Morgan fingerprint density at radius 3 is 2.47 bits per heavy atom. The van der Waals surface area contributed by atoms with Gasteiger partial charge in [0, 0.05) is 18.5 Å². The van der Waals surface area contributed by atoms with Crippen LogP contribution in [0.25, 0.3) is 0 Å². The summed E-state index contributed by atoms with van der Waals surface area (Å²) in [6, 6.07) is 0. The van der Waals surface area contributed by atoms with Gasteiger partial charge in [0.25, 0.3) is 0 Å². The fourth-order valence-electron chi connectivity index (χ4n) is 2.50. The summed E-state index contributed by atoms with van der Waals surface area (Å²) in [7, 11) is 0.